The summed E-state index contributed by atoms with van der Waals surface area (Å²) < 4.78 is 37.6. The molecule has 0 aromatic heterocycles. The molecule has 1 N–H and O–H groups in total. The number of amides is 1. The van der Waals surface area contributed by atoms with E-state index in [0.717, 1.165) is 24.2 Å². The second-order valence-corrected chi connectivity index (χ2v) is 9.50. The Hall–Kier alpha value is -2.58. The average Bonchev–Trinajstić information content (AvgIpc) is 2.82. The second kappa shape index (κ2) is 10.6. The molecule has 7 nitrogen and oxygen atoms in total. The van der Waals surface area contributed by atoms with Crippen LogP contribution in [0.2, 0.25) is 0 Å². The lowest BCUT2D eigenvalue weighted by molar-refractivity contribution is -0.126. The number of aryl methyl sites for hydroxylation is 1. The van der Waals surface area contributed by atoms with Gasteiger partial charge in [0.05, 0.1) is 19.1 Å². The predicted molar refractivity (Wildman–Crippen MR) is 119 cm³/mol. The lowest BCUT2D eigenvalue weighted by atomic mass is 9.97. The molecule has 1 heterocycles. The summed E-state index contributed by atoms with van der Waals surface area (Å²) >= 11 is 0. The Labute approximate surface area is 184 Å². The quantitative estimate of drug-likeness (QED) is 0.599. The van der Waals surface area contributed by atoms with Gasteiger partial charge in [-0.2, -0.15) is 4.31 Å². The molecule has 1 fully saturated rings. The Balaban J connectivity index is 1.45. The fourth-order valence-electron chi connectivity index (χ4n) is 3.80. The van der Waals surface area contributed by atoms with Crippen molar-refractivity contribution in [2.45, 2.75) is 30.6 Å². The molecule has 1 amide bonds. The third-order valence-corrected chi connectivity index (χ3v) is 7.55. The van der Waals surface area contributed by atoms with Crippen molar-refractivity contribution in [3.05, 3.63) is 54.1 Å². The van der Waals surface area contributed by atoms with Crippen LogP contribution >= 0.6 is 0 Å². The molecule has 2 aromatic carbocycles. The van der Waals surface area contributed by atoms with Gasteiger partial charge in [0.1, 0.15) is 11.5 Å². The number of nitrogens with zero attached hydrogens (tertiary/aromatic N) is 1. The highest BCUT2D eigenvalue weighted by atomic mass is 32.2. The summed E-state index contributed by atoms with van der Waals surface area (Å²) in [5.41, 5.74) is 1.12. The fraction of sp³-hybridized carbons (Fsp3) is 0.435. The van der Waals surface area contributed by atoms with Gasteiger partial charge in [0, 0.05) is 25.6 Å². The summed E-state index contributed by atoms with van der Waals surface area (Å²) in [7, 11) is -0.366. The first-order valence-electron chi connectivity index (χ1n) is 10.5. The summed E-state index contributed by atoms with van der Waals surface area (Å²) in [5.74, 6) is 1.31. The predicted octanol–water partition coefficient (Wildman–Crippen LogP) is 2.85. The monoisotopic (exact) mass is 446 g/mol. The maximum absolute atomic E-state index is 12.8. The van der Waals surface area contributed by atoms with Crippen molar-refractivity contribution in [3.63, 3.8) is 0 Å². The number of para-hydroxylation sites is 1. The van der Waals surface area contributed by atoms with Gasteiger partial charge >= 0.3 is 0 Å². The van der Waals surface area contributed by atoms with Gasteiger partial charge in [-0.15, -0.1) is 0 Å². The highest BCUT2D eigenvalue weighted by Gasteiger charge is 2.32. The molecule has 0 atom stereocenters. The summed E-state index contributed by atoms with van der Waals surface area (Å²) in [4.78, 5) is 12.8. The van der Waals surface area contributed by atoms with Crippen molar-refractivity contribution in [2.75, 3.05) is 33.9 Å². The van der Waals surface area contributed by atoms with E-state index in [4.69, 9.17) is 9.47 Å². The Morgan fingerprint density at radius 3 is 2.35 bits per heavy atom. The van der Waals surface area contributed by atoms with Gasteiger partial charge in [-0.25, -0.2) is 8.42 Å². The van der Waals surface area contributed by atoms with E-state index in [9.17, 15) is 13.2 Å². The third-order valence-electron chi connectivity index (χ3n) is 5.64. The minimum Gasteiger partial charge on any atom is -0.497 e. The van der Waals surface area contributed by atoms with Gasteiger partial charge in [-0.1, -0.05) is 18.2 Å². The zero-order valence-electron chi connectivity index (χ0n) is 18.0. The Morgan fingerprint density at radius 2 is 1.71 bits per heavy atom. The van der Waals surface area contributed by atoms with E-state index in [-0.39, 0.29) is 16.7 Å². The maximum Gasteiger partial charge on any atom is 0.243 e. The van der Waals surface area contributed by atoms with Crippen LogP contribution in [0.5, 0.6) is 11.5 Å². The SMILES string of the molecule is COc1ccc(S(=O)(=O)N2CCC(C(=O)NCCCc3ccccc3OC)CC2)cc1. The van der Waals surface area contributed by atoms with Crippen LogP contribution in [0.1, 0.15) is 24.8 Å². The second-order valence-electron chi connectivity index (χ2n) is 7.56. The summed E-state index contributed by atoms with van der Waals surface area (Å²) in [6.45, 7) is 1.27. The molecule has 0 saturated carbocycles. The Morgan fingerprint density at radius 1 is 1.03 bits per heavy atom. The number of benzene rings is 2. The number of rotatable bonds is 9. The number of carbonyl (C=O) groups is 1. The van der Waals surface area contributed by atoms with Gasteiger partial charge in [0.15, 0.2) is 0 Å². The Bertz CT molecular complexity index is 968. The lowest BCUT2D eigenvalue weighted by Crippen LogP contribution is -2.43. The highest BCUT2D eigenvalue weighted by molar-refractivity contribution is 7.89. The van der Waals surface area contributed by atoms with Crippen LogP contribution in [0.4, 0.5) is 0 Å². The van der Waals surface area contributed by atoms with Crippen LogP contribution in [0, 0.1) is 5.92 Å². The minimum atomic E-state index is -3.56. The van der Waals surface area contributed by atoms with E-state index in [2.05, 4.69) is 5.32 Å². The largest absolute Gasteiger partial charge is 0.497 e. The molecule has 0 spiro atoms. The number of hydrogen-bond acceptors (Lipinski definition) is 5. The molecule has 3 rings (SSSR count). The number of nitrogens with one attached hydrogen (secondary N) is 1. The molecule has 0 radical (unpaired) electrons. The van der Waals surface area contributed by atoms with Gasteiger partial charge in [-0.3, -0.25) is 4.79 Å². The molecule has 31 heavy (non-hydrogen) atoms. The van der Waals surface area contributed by atoms with Crippen molar-refractivity contribution >= 4 is 15.9 Å². The van der Waals surface area contributed by atoms with Gasteiger partial charge in [0.2, 0.25) is 15.9 Å². The summed E-state index contributed by atoms with van der Waals surface area (Å²) in [6, 6.07) is 14.2. The molecule has 2 aromatic rings. The zero-order chi connectivity index (χ0) is 22.3. The van der Waals surface area contributed by atoms with Crippen LogP contribution < -0.4 is 14.8 Å². The average molecular weight is 447 g/mol. The van der Waals surface area contributed by atoms with E-state index >= 15 is 0 Å². The van der Waals surface area contributed by atoms with Crippen LogP contribution in [-0.4, -0.2) is 52.5 Å². The molecule has 8 heteroatoms. The van der Waals surface area contributed by atoms with E-state index < -0.39 is 10.0 Å². The molecular formula is C23H30N2O5S. The maximum atomic E-state index is 12.8. The Kier molecular flexibility index (Phi) is 7.92. The molecule has 1 aliphatic heterocycles. The number of carbonyl (C=O) groups excluding carboxylic acids is 1. The standard InChI is InChI=1S/C23H30N2O5S/c1-29-20-9-11-21(12-10-20)31(27,28)25-16-13-19(14-17-25)23(26)24-15-5-7-18-6-3-4-8-22(18)30-2/h3-4,6,8-12,19H,5,7,13-17H2,1-2H3,(H,24,26). The highest BCUT2D eigenvalue weighted by Crippen LogP contribution is 2.25. The molecule has 1 aliphatic rings. The third kappa shape index (κ3) is 5.77. The van der Waals surface area contributed by atoms with E-state index in [1.165, 1.54) is 11.4 Å². The molecular weight excluding hydrogens is 416 g/mol. The zero-order valence-corrected chi connectivity index (χ0v) is 18.9. The van der Waals surface area contributed by atoms with Crippen LogP contribution in [0.15, 0.2) is 53.4 Å². The van der Waals surface area contributed by atoms with Crippen molar-refractivity contribution in [1.82, 2.24) is 9.62 Å². The number of sulfonamides is 1. The smallest absolute Gasteiger partial charge is 0.243 e. The molecule has 0 unspecified atom stereocenters. The fourth-order valence-corrected chi connectivity index (χ4v) is 5.27. The van der Waals surface area contributed by atoms with Crippen molar-refractivity contribution in [1.29, 1.82) is 0 Å². The first-order valence-corrected chi connectivity index (χ1v) is 11.9. The first kappa shape index (κ1) is 23.1. The van der Waals surface area contributed by atoms with Crippen molar-refractivity contribution in [3.8, 4) is 11.5 Å². The molecule has 168 valence electrons. The van der Waals surface area contributed by atoms with Crippen molar-refractivity contribution in [2.24, 2.45) is 5.92 Å². The summed E-state index contributed by atoms with van der Waals surface area (Å²) in [6.07, 6.45) is 2.68. The first-order chi connectivity index (χ1) is 15.0. The topological polar surface area (TPSA) is 84.9 Å². The normalized spacial score (nSPS) is 15.4. The number of piperidine rings is 1. The van der Waals surface area contributed by atoms with Crippen LogP contribution in [0.25, 0.3) is 0 Å². The molecule has 0 aliphatic carbocycles. The van der Waals surface area contributed by atoms with Crippen LogP contribution in [0.3, 0.4) is 0 Å². The van der Waals surface area contributed by atoms with Gasteiger partial charge in [-0.05, 0) is 61.6 Å². The van der Waals surface area contributed by atoms with Gasteiger partial charge < -0.3 is 14.8 Å². The minimum absolute atomic E-state index is 0.00141. The van der Waals surface area contributed by atoms with E-state index in [0.29, 0.717) is 38.2 Å². The lowest BCUT2D eigenvalue weighted by Gasteiger charge is -2.30. The van der Waals surface area contributed by atoms with E-state index in [1.54, 1.807) is 31.4 Å². The number of hydrogen-bond donors (Lipinski definition) is 1. The van der Waals surface area contributed by atoms with Crippen molar-refractivity contribution < 1.29 is 22.7 Å². The molecule has 1 saturated heterocycles. The van der Waals surface area contributed by atoms with Crippen LogP contribution in [-0.2, 0) is 21.2 Å². The number of methoxy groups -OCH3 is 2. The summed E-state index contributed by atoms with van der Waals surface area (Å²) in [5, 5.41) is 3.00. The van der Waals surface area contributed by atoms with E-state index in [1.807, 2.05) is 24.3 Å². The molecule has 0 bridgehead atoms. The van der Waals surface area contributed by atoms with Gasteiger partial charge in [0.25, 0.3) is 0 Å². The number of ether oxygens (including phenoxy) is 2.